The van der Waals surface area contributed by atoms with Crippen LogP contribution in [0, 0.1) is 5.82 Å². The monoisotopic (exact) mass is 523 g/mol. The molecule has 0 amide bonds. The number of hydrogen-bond donors (Lipinski definition) is 2. The molecule has 6 rings (SSSR count). The van der Waals surface area contributed by atoms with Gasteiger partial charge in [0, 0.05) is 19.8 Å². The zero-order valence-electron chi connectivity index (χ0n) is 20.0. The van der Waals surface area contributed by atoms with Crippen molar-refractivity contribution in [3.05, 3.63) is 48.1 Å². The number of ether oxygens (including phenoxy) is 2. The van der Waals surface area contributed by atoms with Crippen molar-refractivity contribution in [2.45, 2.75) is 18.7 Å². The number of thiazole rings is 1. The number of aryl methyl sites for hydroxylation is 1. The summed E-state index contributed by atoms with van der Waals surface area (Å²) >= 11 is 1.22. The number of aromatic nitrogens is 5. The number of nitrogens with zero attached hydrogens (tertiary/aromatic N) is 5. The van der Waals surface area contributed by atoms with Crippen LogP contribution in [0.5, 0.6) is 11.6 Å². The Bertz CT molecular complexity index is 1610. The average Bonchev–Trinajstić information content (AvgIpc) is 3.54. The lowest BCUT2D eigenvalue weighted by Crippen LogP contribution is -2.44. The summed E-state index contributed by atoms with van der Waals surface area (Å²) in [5, 5.41) is 11.0. The molecule has 2 N–H and O–H groups in total. The molecular formula is C25H23F2N7O2S. The number of anilines is 2. The van der Waals surface area contributed by atoms with Crippen molar-refractivity contribution in [1.29, 1.82) is 0 Å². The number of methoxy groups -OCH3 is 1. The molecule has 37 heavy (non-hydrogen) atoms. The standard InChI is InChI=1S/C25H23F2N7O2S/c1-34-10-14(25(33-34)35-2)13-7-18-21(20(8-13)36-19-5-6-28-9-15(19)26)24(30-11-29-18)32-16-3-4-17-23(22(16)27)37-12-31-17/h3-4,7-8,10-12,15,19,28H,5-6,9H2,1-2H3,(H,29,30,32)/t15-,19-/m1/s1. The summed E-state index contributed by atoms with van der Waals surface area (Å²) in [5.74, 6) is 0.741. The number of fused-ring (bicyclic) bond motifs is 2. The van der Waals surface area contributed by atoms with Gasteiger partial charge in [0.05, 0.1) is 45.0 Å². The highest BCUT2D eigenvalue weighted by atomic mass is 32.1. The Hall–Kier alpha value is -3.90. The van der Waals surface area contributed by atoms with Gasteiger partial charge in [-0.1, -0.05) is 0 Å². The second-order valence-corrected chi connectivity index (χ2v) is 9.59. The first-order valence-corrected chi connectivity index (χ1v) is 12.6. The van der Waals surface area contributed by atoms with Crippen LogP contribution in [0.25, 0.3) is 32.2 Å². The van der Waals surface area contributed by atoms with E-state index in [1.54, 1.807) is 42.5 Å². The van der Waals surface area contributed by atoms with Gasteiger partial charge in [-0.2, -0.15) is 0 Å². The first-order chi connectivity index (χ1) is 18.0. The van der Waals surface area contributed by atoms with Crippen LogP contribution in [0.15, 0.2) is 42.3 Å². The molecule has 3 aromatic heterocycles. The van der Waals surface area contributed by atoms with Crippen molar-refractivity contribution in [2.75, 3.05) is 25.5 Å². The summed E-state index contributed by atoms with van der Waals surface area (Å²) < 4.78 is 43.8. The average molecular weight is 524 g/mol. The Kier molecular flexibility index (Phi) is 6.05. The quantitative estimate of drug-likeness (QED) is 0.333. The van der Waals surface area contributed by atoms with E-state index in [2.05, 4.69) is 30.7 Å². The Morgan fingerprint density at radius 2 is 2.08 bits per heavy atom. The van der Waals surface area contributed by atoms with Gasteiger partial charge >= 0.3 is 0 Å². The second-order valence-electron chi connectivity index (χ2n) is 8.73. The number of hydrogen-bond acceptors (Lipinski definition) is 9. The third-order valence-corrected chi connectivity index (χ3v) is 7.15. The third kappa shape index (κ3) is 4.31. The normalized spacial score (nSPS) is 17.8. The zero-order chi connectivity index (χ0) is 25.5. The SMILES string of the molecule is COc1nn(C)cc1-c1cc(O[C@@H]2CCNC[C@H]2F)c2c(Nc3ccc4ncsc4c3F)ncnc2c1. The number of alkyl halides is 1. The molecule has 0 unspecified atom stereocenters. The van der Waals surface area contributed by atoms with E-state index in [1.807, 2.05) is 12.3 Å². The molecule has 4 heterocycles. The third-order valence-electron chi connectivity index (χ3n) is 6.32. The van der Waals surface area contributed by atoms with Crippen LogP contribution in [0.1, 0.15) is 6.42 Å². The molecule has 1 fully saturated rings. The van der Waals surface area contributed by atoms with Crippen molar-refractivity contribution < 1.29 is 18.3 Å². The minimum absolute atomic E-state index is 0.209. The first kappa shape index (κ1) is 23.5. The predicted octanol–water partition coefficient (Wildman–Crippen LogP) is 4.61. The smallest absolute Gasteiger partial charge is 0.240 e. The lowest BCUT2D eigenvalue weighted by atomic mass is 10.0. The Labute approximate surface area is 214 Å². The first-order valence-electron chi connectivity index (χ1n) is 11.7. The molecule has 5 aromatic rings. The number of benzene rings is 2. The number of piperidine rings is 1. The molecule has 2 aromatic carbocycles. The highest BCUT2D eigenvalue weighted by molar-refractivity contribution is 7.16. The molecule has 0 spiro atoms. The highest BCUT2D eigenvalue weighted by Gasteiger charge is 2.28. The van der Waals surface area contributed by atoms with Crippen molar-refractivity contribution in [3.63, 3.8) is 0 Å². The van der Waals surface area contributed by atoms with Gasteiger partial charge in [-0.25, -0.2) is 23.7 Å². The van der Waals surface area contributed by atoms with Gasteiger partial charge < -0.3 is 20.1 Å². The Morgan fingerprint density at radius 1 is 1.19 bits per heavy atom. The lowest BCUT2D eigenvalue weighted by Gasteiger charge is -2.28. The molecule has 9 nitrogen and oxygen atoms in total. The second kappa shape index (κ2) is 9.52. The summed E-state index contributed by atoms with van der Waals surface area (Å²) in [4.78, 5) is 13.0. The van der Waals surface area contributed by atoms with Crippen LogP contribution in [0.4, 0.5) is 20.3 Å². The fourth-order valence-corrected chi connectivity index (χ4v) is 5.25. The van der Waals surface area contributed by atoms with E-state index in [-0.39, 0.29) is 12.2 Å². The number of rotatable bonds is 6. The number of nitrogens with one attached hydrogen (secondary N) is 2. The minimum Gasteiger partial charge on any atom is -0.486 e. The topological polar surface area (TPSA) is 99.0 Å². The molecule has 0 radical (unpaired) electrons. The van der Waals surface area contributed by atoms with E-state index in [9.17, 15) is 4.39 Å². The summed E-state index contributed by atoms with van der Waals surface area (Å²) in [5.41, 5.74) is 4.43. The molecule has 0 bridgehead atoms. The van der Waals surface area contributed by atoms with Gasteiger partial charge in [0.25, 0.3) is 0 Å². The van der Waals surface area contributed by atoms with Crippen LogP contribution in [0.2, 0.25) is 0 Å². The molecule has 0 aliphatic carbocycles. The maximum absolute atomic E-state index is 15.2. The van der Waals surface area contributed by atoms with Crippen LogP contribution in [-0.2, 0) is 7.05 Å². The molecule has 1 saturated heterocycles. The summed E-state index contributed by atoms with van der Waals surface area (Å²) in [7, 11) is 3.34. The maximum atomic E-state index is 15.2. The summed E-state index contributed by atoms with van der Waals surface area (Å²) in [6.07, 6.45) is 1.87. The molecule has 190 valence electrons. The molecule has 1 aliphatic heterocycles. The zero-order valence-corrected chi connectivity index (χ0v) is 20.9. The van der Waals surface area contributed by atoms with E-state index >= 15 is 4.39 Å². The molecule has 0 saturated carbocycles. The van der Waals surface area contributed by atoms with Crippen molar-refractivity contribution in [2.24, 2.45) is 7.05 Å². The Morgan fingerprint density at radius 3 is 2.92 bits per heavy atom. The number of halogens is 2. The van der Waals surface area contributed by atoms with Crippen LogP contribution < -0.4 is 20.1 Å². The van der Waals surface area contributed by atoms with Gasteiger partial charge in [-0.05, 0) is 42.8 Å². The van der Waals surface area contributed by atoms with E-state index in [1.165, 1.54) is 17.7 Å². The van der Waals surface area contributed by atoms with E-state index in [0.717, 1.165) is 11.1 Å². The van der Waals surface area contributed by atoms with Gasteiger partial charge in [0.15, 0.2) is 5.82 Å². The predicted molar refractivity (Wildman–Crippen MR) is 138 cm³/mol. The molecule has 12 heteroatoms. The fraction of sp³-hybridized carbons (Fsp3) is 0.280. The lowest BCUT2D eigenvalue weighted by molar-refractivity contribution is 0.0744. The van der Waals surface area contributed by atoms with E-state index in [4.69, 9.17) is 9.47 Å². The van der Waals surface area contributed by atoms with Crippen molar-refractivity contribution in [3.8, 4) is 22.8 Å². The minimum atomic E-state index is -1.19. The van der Waals surface area contributed by atoms with Crippen LogP contribution in [-0.4, -0.2) is 57.2 Å². The summed E-state index contributed by atoms with van der Waals surface area (Å²) in [6, 6.07) is 7.01. The van der Waals surface area contributed by atoms with E-state index in [0.29, 0.717) is 51.5 Å². The fourth-order valence-electron chi connectivity index (χ4n) is 4.53. The van der Waals surface area contributed by atoms with Crippen LogP contribution >= 0.6 is 11.3 Å². The molecule has 1 aliphatic rings. The van der Waals surface area contributed by atoms with Crippen molar-refractivity contribution >= 4 is 44.0 Å². The maximum Gasteiger partial charge on any atom is 0.240 e. The van der Waals surface area contributed by atoms with Gasteiger partial charge in [0.2, 0.25) is 5.88 Å². The highest BCUT2D eigenvalue weighted by Crippen LogP contribution is 2.40. The van der Waals surface area contributed by atoms with Crippen LogP contribution in [0.3, 0.4) is 0 Å². The Balaban J connectivity index is 1.50. The molecule has 2 atom stereocenters. The molecular weight excluding hydrogens is 500 g/mol. The largest absolute Gasteiger partial charge is 0.486 e. The van der Waals surface area contributed by atoms with Gasteiger partial charge in [-0.15, -0.1) is 16.4 Å². The van der Waals surface area contributed by atoms with Gasteiger partial charge in [0.1, 0.15) is 30.2 Å². The van der Waals surface area contributed by atoms with Crippen molar-refractivity contribution in [1.82, 2.24) is 30.0 Å². The summed E-state index contributed by atoms with van der Waals surface area (Å²) in [6.45, 7) is 0.848. The van der Waals surface area contributed by atoms with E-state index < -0.39 is 18.1 Å². The van der Waals surface area contributed by atoms with Gasteiger partial charge in [-0.3, -0.25) is 4.68 Å².